The molecule has 106 valence electrons. The third-order valence-electron chi connectivity index (χ3n) is 3.32. The highest BCUT2D eigenvalue weighted by molar-refractivity contribution is 14.1. The first kappa shape index (κ1) is 15.1. The molecule has 1 atom stereocenters. The van der Waals surface area contributed by atoms with Crippen molar-refractivity contribution in [2.45, 2.75) is 13.0 Å². The maximum atomic E-state index is 6.40. The maximum Gasteiger partial charge on any atom is 0.161 e. The Morgan fingerprint density at radius 3 is 2.30 bits per heavy atom. The van der Waals surface area contributed by atoms with E-state index in [4.69, 9.17) is 15.2 Å². The number of hydrogen-bond donors (Lipinski definition) is 1. The van der Waals surface area contributed by atoms with Crippen LogP contribution in [0, 0.1) is 10.5 Å². The van der Waals surface area contributed by atoms with Crippen molar-refractivity contribution in [1.29, 1.82) is 0 Å². The van der Waals surface area contributed by atoms with Gasteiger partial charge < -0.3 is 15.2 Å². The van der Waals surface area contributed by atoms with Crippen molar-refractivity contribution in [3.8, 4) is 11.5 Å². The summed E-state index contributed by atoms with van der Waals surface area (Å²) in [5.74, 6) is 1.43. The number of nitrogens with two attached hydrogens (primary N) is 1. The molecule has 0 spiro atoms. The van der Waals surface area contributed by atoms with Gasteiger partial charge in [0.05, 0.1) is 20.3 Å². The minimum Gasteiger partial charge on any atom is -0.493 e. The van der Waals surface area contributed by atoms with Crippen LogP contribution >= 0.6 is 22.6 Å². The fourth-order valence-corrected chi connectivity index (χ4v) is 2.78. The third kappa shape index (κ3) is 3.07. The first-order valence-corrected chi connectivity index (χ1v) is 7.38. The highest BCUT2D eigenvalue weighted by Crippen LogP contribution is 2.34. The van der Waals surface area contributed by atoms with Gasteiger partial charge in [0, 0.05) is 3.57 Å². The van der Waals surface area contributed by atoms with E-state index in [1.54, 1.807) is 14.2 Å². The minimum absolute atomic E-state index is 0.176. The molecule has 0 radical (unpaired) electrons. The van der Waals surface area contributed by atoms with Crippen LogP contribution in [-0.2, 0) is 0 Å². The lowest BCUT2D eigenvalue weighted by molar-refractivity contribution is 0.354. The van der Waals surface area contributed by atoms with Crippen LogP contribution in [0.5, 0.6) is 11.5 Å². The molecule has 0 aliphatic carbocycles. The molecule has 0 aliphatic rings. The van der Waals surface area contributed by atoms with Crippen LogP contribution in [-0.4, -0.2) is 14.2 Å². The van der Waals surface area contributed by atoms with E-state index in [-0.39, 0.29) is 6.04 Å². The van der Waals surface area contributed by atoms with E-state index in [0.29, 0.717) is 5.75 Å². The first-order valence-electron chi connectivity index (χ1n) is 6.30. The summed E-state index contributed by atoms with van der Waals surface area (Å²) in [5, 5.41) is 0. The quantitative estimate of drug-likeness (QED) is 0.820. The Morgan fingerprint density at radius 1 is 1.05 bits per heavy atom. The number of halogens is 1. The van der Waals surface area contributed by atoms with E-state index >= 15 is 0 Å². The number of aryl methyl sites for hydroxylation is 1. The van der Waals surface area contributed by atoms with E-state index in [1.807, 2.05) is 31.2 Å². The standard InChI is InChI=1S/C16H18INO2/c1-10-7-14(19-2)15(20-3)9-13(10)16(18)11-5-4-6-12(17)8-11/h4-9,16H,18H2,1-3H3. The summed E-state index contributed by atoms with van der Waals surface area (Å²) in [4.78, 5) is 0. The van der Waals surface area contributed by atoms with Gasteiger partial charge in [-0.15, -0.1) is 0 Å². The van der Waals surface area contributed by atoms with Gasteiger partial charge in [0.15, 0.2) is 11.5 Å². The second kappa shape index (κ2) is 6.45. The summed E-state index contributed by atoms with van der Waals surface area (Å²) in [6, 6.07) is 12.0. The molecule has 1 unspecified atom stereocenters. The zero-order chi connectivity index (χ0) is 14.7. The minimum atomic E-state index is -0.176. The highest BCUT2D eigenvalue weighted by atomic mass is 127. The smallest absolute Gasteiger partial charge is 0.161 e. The van der Waals surface area contributed by atoms with E-state index in [0.717, 1.165) is 22.4 Å². The molecule has 0 fully saturated rings. The molecule has 0 saturated carbocycles. The van der Waals surface area contributed by atoms with Crippen molar-refractivity contribution in [2.75, 3.05) is 14.2 Å². The third-order valence-corrected chi connectivity index (χ3v) is 3.99. The molecule has 0 aliphatic heterocycles. The molecular weight excluding hydrogens is 365 g/mol. The molecule has 0 aromatic heterocycles. The molecule has 3 nitrogen and oxygen atoms in total. The van der Waals surface area contributed by atoms with Crippen LogP contribution in [0.3, 0.4) is 0 Å². The number of rotatable bonds is 4. The Hall–Kier alpha value is -1.27. The van der Waals surface area contributed by atoms with Crippen LogP contribution < -0.4 is 15.2 Å². The Labute approximate surface area is 133 Å². The number of benzene rings is 2. The van der Waals surface area contributed by atoms with Crippen molar-refractivity contribution >= 4 is 22.6 Å². The summed E-state index contributed by atoms with van der Waals surface area (Å²) >= 11 is 2.29. The van der Waals surface area contributed by atoms with E-state index in [2.05, 4.69) is 34.7 Å². The SMILES string of the molecule is COc1cc(C)c(C(N)c2cccc(I)c2)cc1OC. The molecule has 2 N–H and O–H groups in total. The molecule has 2 aromatic carbocycles. The number of hydrogen-bond acceptors (Lipinski definition) is 3. The van der Waals surface area contributed by atoms with Gasteiger partial charge in [0.1, 0.15) is 0 Å². The van der Waals surface area contributed by atoms with Gasteiger partial charge in [-0.1, -0.05) is 12.1 Å². The Balaban J connectivity index is 2.46. The fraction of sp³-hybridized carbons (Fsp3) is 0.250. The number of methoxy groups -OCH3 is 2. The number of ether oxygens (including phenoxy) is 2. The van der Waals surface area contributed by atoms with E-state index < -0.39 is 0 Å². The van der Waals surface area contributed by atoms with Crippen molar-refractivity contribution in [3.05, 3.63) is 56.7 Å². The van der Waals surface area contributed by atoms with Gasteiger partial charge in [-0.2, -0.15) is 0 Å². The zero-order valence-electron chi connectivity index (χ0n) is 11.8. The van der Waals surface area contributed by atoms with Crippen molar-refractivity contribution in [1.82, 2.24) is 0 Å². The van der Waals surface area contributed by atoms with Crippen molar-refractivity contribution in [3.63, 3.8) is 0 Å². The normalized spacial score (nSPS) is 12.1. The average Bonchev–Trinajstić information content (AvgIpc) is 2.46. The predicted octanol–water partition coefficient (Wildman–Crippen LogP) is 3.66. The van der Waals surface area contributed by atoms with Gasteiger partial charge >= 0.3 is 0 Å². The molecule has 0 saturated heterocycles. The summed E-state index contributed by atoms with van der Waals surface area (Å²) < 4.78 is 11.8. The van der Waals surface area contributed by atoms with E-state index in [1.165, 1.54) is 3.57 Å². The van der Waals surface area contributed by atoms with Gasteiger partial charge in [-0.3, -0.25) is 0 Å². The van der Waals surface area contributed by atoms with Crippen LogP contribution in [0.2, 0.25) is 0 Å². The summed E-state index contributed by atoms with van der Waals surface area (Å²) in [5.41, 5.74) is 9.63. The average molecular weight is 383 g/mol. The highest BCUT2D eigenvalue weighted by Gasteiger charge is 2.15. The molecule has 0 amide bonds. The lowest BCUT2D eigenvalue weighted by Crippen LogP contribution is -2.13. The lowest BCUT2D eigenvalue weighted by Gasteiger charge is -2.18. The molecule has 2 aromatic rings. The molecule has 4 heteroatoms. The molecule has 2 rings (SSSR count). The predicted molar refractivity (Wildman–Crippen MR) is 89.5 cm³/mol. The molecule has 0 heterocycles. The van der Waals surface area contributed by atoms with Crippen LogP contribution in [0.1, 0.15) is 22.7 Å². The fourth-order valence-electron chi connectivity index (χ4n) is 2.21. The largest absolute Gasteiger partial charge is 0.493 e. The zero-order valence-corrected chi connectivity index (χ0v) is 14.0. The second-order valence-corrected chi connectivity index (χ2v) is 5.84. The Kier molecular flexibility index (Phi) is 4.88. The van der Waals surface area contributed by atoms with Gasteiger partial charge in [0.2, 0.25) is 0 Å². The van der Waals surface area contributed by atoms with Gasteiger partial charge in [-0.05, 0) is 70.5 Å². The summed E-state index contributed by atoms with van der Waals surface area (Å²) in [7, 11) is 3.27. The summed E-state index contributed by atoms with van der Waals surface area (Å²) in [6.07, 6.45) is 0. The Morgan fingerprint density at radius 2 is 1.70 bits per heavy atom. The second-order valence-electron chi connectivity index (χ2n) is 4.60. The Bertz CT molecular complexity index is 613. The van der Waals surface area contributed by atoms with Gasteiger partial charge in [-0.25, -0.2) is 0 Å². The maximum absolute atomic E-state index is 6.40. The lowest BCUT2D eigenvalue weighted by atomic mass is 9.95. The van der Waals surface area contributed by atoms with E-state index in [9.17, 15) is 0 Å². The van der Waals surface area contributed by atoms with Gasteiger partial charge in [0.25, 0.3) is 0 Å². The monoisotopic (exact) mass is 383 g/mol. The van der Waals surface area contributed by atoms with Crippen LogP contribution in [0.25, 0.3) is 0 Å². The molecular formula is C16H18INO2. The van der Waals surface area contributed by atoms with Crippen LogP contribution in [0.4, 0.5) is 0 Å². The van der Waals surface area contributed by atoms with Crippen LogP contribution in [0.15, 0.2) is 36.4 Å². The molecule has 20 heavy (non-hydrogen) atoms. The van der Waals surface area contributed by atoms with Crippen molar-refractivity contribution < 1.29 is 9.47 Å². The first-order chi connectivity index (χ1) is 9.56. The van der Waals surface area contributed by atoms with Crippen molar-refractivity contribution in [2.24, 2.45) is 5.73 Å². The molecule has 0 bridgehead atoms. The summed E-state index contributed by atoms with van der Waals surface area (Å²) in [6.45, 7) is 2.03. The topological polar surface area (TPSA) is 44.5 Å².